The average molecular weight is 407 g/mol. The third kappa shape index (κ3) is 5.80. The standard InChI is InChI=1S/C19H18N2O4S.ClH/c1-12(22)14-4-5-15(20-11-14)8-9-25-16-6-2-13(3-7-16)10-17-18(23)21-19(24)26-17;/h2-7,11,17H,8-10H2,1H3,(H,21,23,24);1H. The summed E-state index contributed by atoms with van der Waals surface area (Å²) in [7, 11) is 0. The van der Waals surface area contributed by atoms with E-state index in [1.54, 1.807) is 12.3 Å². The fraction of sp³-hybridized carbons (Fsp3) is 0.263. The smallest absolute Gasteiger partial charge is 0.286 e. The molecule has 2 aromatic rings. The SMILES string of the molecule is CC(=O)c1ccc(CCOc2ccc(CC3SC(=O)NC3=O)cc2)nc1.Cl. The van der Waals surface area contributed by atoms with E-state index >= 15 is 0 Å². The molecule has 0 saturated carbocycles. The Morgan fingerprint density at radius 1 is 1.19 bits per heavy atom. The van der Waals surface area contributed by atoms with Crippen LogP contribution >= 0.6 is 24.2 Å². The van der Waals surface area contributed by atoms with Crippen molar-refractivity contribution in [3.63, 3.8) is 0 Å². The van der Waals surface area contributed by atoms with E-state index in [4.69, 9.17) is 4.74 Å². The monoisotopic (exact) mass is 406 g/mol. The molecule has 8 heteroatoms. The van der Waals surface area contributed by atoms with Gasteiger partial charge in [-0.05, 0) is 43.2 Å². The van der Waals surface area contributed by atoms with Crippen molar-refractivity contribution in [2.24, 2.45) is 0 Å². The minimum atomic E-state index is -0.363. The second-order valence-electron chi connectivity index (χ2n) is 5.92. The molecule has 0 aliphatic carbocycles. The van der Waals surface area contributed by atoms with Crippen LogP contribution < -0.4 is 10.1 Å². The molecule has 1 aromatic heterocycles. The third-order valence-electron chi connectivity index (χ3n) is 3.97. The summed E-state index contributed by atoms with van der Waals surface area (Å²) in [4.78, 5) is 38.2. The van der Waals surface area contributed by atoms with Crippen molar-refractivity contribution in [2.75, 3.05) is 6.61 Å². The Morgan fingerprint density at radius 2 is 1.93 bits per heavy atom. The van der Waals surface area contributed by atoms with Crippen molar-refractivity contribution in [2.45, 2.75) is 25.0 Å². The Morgan fingerprint density at radius 3 is 2.48 bits per heavy atom. The molecule has 27 heavy (non-hydrogen) atoms. The largest absolute Gasteiger partial charge is 0.493 e. The van der Waals surface area contributed by atoms with Crippen molar-refractivity contribution >= 4 is 41.1 Å². The zero-order valence-electron chi connectivity index (χ0n) is 14.6. The number of hydrogen-bond acceptors (Lipinski definition) is 6. The zero-order valence-corrected chi connectivity index (χ0v) is 16.3. The number of rotatable bonds is 7. The summed E-state index contributed by atoms with van der Waals surface area (Å²) in [6, 6.07) is 11.1. The molecule has 2 amide bonds. The number of nitrogens with one attached hydrogen (secondary N) is 1. The van der Waals surface area contributed by atoms with Crippen molar-refractivity contribution in [3.05, 3.63) is 59.4 Å². The van der Waals surface area contributed by atoms with Crippen LogP contribution in [0.15, 0.2) is 42.6 Å². The second kappa shape index (κ2) is 9.53. The van der Waals surface area contributed by atoms with Crippen LogP contribution in [0.4, 0.5) is 4.79 Å². The van der Waals surface area contributed by atoms with Gasteiger partial charge in [0.1, 0.15) is 5.75 Å². The maximum Gasteiger partial charge on any atom is 0.286 e. The van der Waals surface area contributed by atoms with Gasteiger partial charge < -0.3 is 4.74 Å². The van der Waals surface area contributed by atoms with Gasteiger partial charge in [-0.2, -0.15) is 0 Å². The van der Waals surface area contributed by atoms with Crippen LogP contribution in [0.5, 0.6) is 5.75 Å². The Kier molecular flexibility index (Phi) is 7.38. The number of carbonyl (C=O) groups is 3. The number of hydrogen-bond donors (Lipinski definition) is 1. The molecule has 0 bridgehead atoms. The Bertz CT molecular complexity index is 825. The van der Waals surface area contributed by atoms with E-state index in [0.29, 0.717) is 25.0 Å². The maximum atomic E-state index is 11.6. The average Bonchev–Trinajstić information content (AvgIpc) is 2.94. The molecule has 1 unspecified atom stereocenters. The summed E-state index contributed by atoms with van der Waals surface area (Å²) in [5, 5.41) is 1.64. The van der Waals surface area contributed by atoms with Gasteiger partial charge >= 0.3 is 0 Å². The number of ketones is 1. The molecule has 0 radical (unpaired) electrons. The maximum absolute atomic E-state index is 11.6. The first-order chi connectivity index (χ1) is 12.5. The van der Waals surface area contributed by atoms with Crippen LogP contribution in [0, 0.1) is 0 Å². The lowest BCUT2D eigenvalue weighted by Crippen LogP contribution is -2.25. The van der Waals surface area contributed by atoms with Crippen LogP contribution in [0.3, 0.4) is 0 Å². The second-order valence-corrected chi connectivity index (χ2v) is 7.10. The van der Waals surface area contributed by atoms with Gasteiger partial charge in [-0.3, -0.25) is 24.7 Å². The Hall–Kier alpha value is -2.38. The number of nitrogens with zero attached hydrogens (tertiary/aromatic N) is 1. The van der Waals surface area contributed by atoms with Gasteiger partial charge in [0.15, 0.2) is 5.78 Å². The van der Waals surface area contributed by atoms with E-state index in [0.717, 1.165) is 28.8 Å². The lowest BCUT2D eigenvalue weighted by Gasteiger charge is -2.08. The van der Waals surface area contributed by atoms with Gasteiger partial charge in [0, 0.05) is 23.9 Å². The number of thioether (sulfide) groups is 1. The molecule has 1 fully saturated rings. The van der Waals surface area contributed by atoms with Crippen LogP contribution in [-0.2, 0) is 17.6 Å². The number of aromatic nitrogens is 1. The minimum Gasteiger partial charge on any atom is -0.493 e. The lowest BCUT2D eigenvalue weighted by atomic mass is 10.1. The molecule has 3 rings (SSSR count). The first-order valence-electron chi connectivity index (χ1n) is 8.20. The van der Waals surface area contributed by atoms with Crippen LogP contribution in [0.2, 0.25) is 0 Å². The number of pyridine rings is 1. The van der Waals surface area contributed by atoms with E-state index < -0.39 is 0 Å². The summed E-state index contributed by atoms with van der Waals surface area (Å²) >= 11 is 1.03. The summed E-state index contributed by atoms with van der Waals surface area (Å²) < 4.78 is 5.71. The molecule has 6 nitrogen and oxygen atoms in total. The normalized spacial score (nSPS) is 15.8. The van der Waals surface area contributed by atoms with Crippen LogP contribution in [0.1, 0.15) is 28.5 Å². The predicted octanol–water partition coefficient (Wildman–Crippen LogP) is 3.22. The molecule has 1 N–H and O–H groups in total. The minimum absolute atomic E-state index is 0. The van der Waals surface area contributed by atoms with Gasteiger partial charge in [-0.1, -0.05) is 23.9 Å². The molecule has 2 heterocycles. The van der Waals surface area contributed by atoms with Crippen LogP contribution in [0.25, 0.3) is 0 Å². The summed E-state index contributed by atoms with van der Waals surface area (Å²) in [5.74, 6) is 0.496. The van der Waals surface area contributed by atoms with Gasteiger partial charge in [-0.25, -0.2) is 0 Å². The van der Waals surface area contributed by atoms with Crippen LogP contribution in [-0.4, -0.2) is 33.8 Å². The first kappa shape index (κ1) is 20.9. The molecule has 1 aromatic carbocycles. The topological polar surface area (TPSA) is 85.4 Å². The molecule has 1 atom stereocenters. The molecule has 1 aliphatic heterocycles. The van der Waals surface area contributed by atoms with E-state index in [1.807, 2.05) is 30.3 Å². The van der Waals surface area contributed by atoms with Crippen molar-refractivity contribution in [1.29, 1.82) is 0 Å². The number of carbonyl (C=O) groups excluding carboxylic acids is 3. The predicted molar refractivity (Wildman–Crippen MR) is 106 cm³/mol. The first-order valence-corrected chi connectivity index (χ1v) is 9.08. The van der Waals surface area contributed by atoms with Crippen molar-refractivity contribution in [1.82, 2.24) is 10.3 Å². The number of imide groups is 1. The van der Waals surface area contributed by atoms with Gasteiger partial charge in [0.25, 0.3) is 5.24 Å². The highest BCUT2D eigenvalue weighted by Crippen LogP contribution is 2.23. The quantitative estimate of drug-likeness (QED) is 0.710. The number of benzene rings is 1. The highest BCUT2D eigenvalue weighted by atomic mass is 35.5. The fourth-order valence-corrected chi connectivity index (χ4v) is 3.38. The molecular formula is C19H19ClN2O4S. The van der Waals surface area contributed by atoms with Gasteiger partial charge in [0.05, 0.1) is 11.9 Å². The number of amides is 2. The molecular weight excluding hydrogens is 388 g/mol. The van der Waals surface area contributed by atoms with E-state index in [9.17, 15) is 14.4 Å². The zero-order chi connectivity index (χ0) is 18.5. The van der Waals surface area contributed by atoms with E-state index in [2.05, 4.69) is 10.3 Å². The summed E-state index contributed by atoms with van der Waals surface area (Å²) in [5.41, 5.74) is 2.43. The number of ether oxygens (including phenoxy) is 1. The third-order valence-corrected chi connectivity index (χ3v) is 4.95. The highest BCUT2D eigenvalue weighted by Gasteiger charge is 2.31. The Labute approximate surface area is 167 Å². The van der Waals surface area contributed by atoms with Crippen molar-refractivity contribution in [3.8, 4) is 5.75 Å². The van der Waals surface area contributed by atoms with E-state index in [-0.39, 0.29) is 34.6 Å². The van der Waals surface area contributed by atoms with Crippen molar-refractivity contribution < 1.29 is 19.1 Å². The van der Waals surface area contributed by atoms with Gasteiger partial charge in [-0.15, -0.1) is 12.4 Å². The molecule has 1 aliphatic rings. The molecule has 0 spiro atoms. The number of Topliss-reactive ketones (excluding diaryl/α,β-unsaturated/α-hetero) is 1. The highest BCUT2D eigenvalue weighted by molar-refractivity contribution is 8.15. The number of halogens is 1. The fourth-order valence-electron chi connectivity index (χ4n) is 2.52. The molecule has 1 saturated heterocycles. The van der Waals surface area contributed by atoms with Gasteiger partial charge in [0.2, 0.25) is 5.91 Å². The Balaban J connectivity index is 0.00000261. The molecule has 142 valence electrons. The van der Waals surface area contributed by atoms with E-state index in [1.165, 1.54) is 6.92 Å². The summed E-state index contributed by atoms with van der Waals surface area (Å²) in [6.07, 6.45) is 2.73. The lowest BCUT2D eigenvalue weighted by molar-refractivity contribution is -0.118. The summed E-state index contributed by atoms with van der Waals surface area (Å²) in [6.45, 7) is 1.99.